The zero-order valence-electron chi connectivity index (χ0n) is 14.5. The number of benzene rings is 1. The molecule has 1 aromatic carbocycles. The van der Waals surface area contributed by atoms with Gasteiger partial charge >= 0.3 is 5.97 Å². The van der Waals surface area contributed by atoms with E-state index in [0.29, 0.717) is 22.9 Å². The van der Waals surface area contributed by atoms with Gasteiger partial charge in [-0.25, -0.2) is 4.79 Å². The Balaban J connectivity index is 2.21. The van der Waals surface area contributed by atoms with Crippen LogP contribution in [0.5, 0.6) is 5.75 Å². The van der Waals surface area contributed by atoms with Crippen molar-refractivity contribution < 1.29 is 19.7 Å². The quantitative estimate of drug-likeness (QED) is 0.836. The highest BCUT2D eigenvalue weighted by Gasteiger charge is 2.28. The molecule has 1 aliphatic heterocycles. The monoisotopic (exact) mass is 377 g/mol. The molecule has 26 heavy (non-hydrogen) atoms. The number of halogens is 1. The average molecular weight is 378 g/mol. The molecule has 0 radical (unpaired) electrons. The predicted octanol–water partition coefficient (Wildman–Crippen LogP) is 2.99. The minimum absolute atomic E-state index is 0.00284. The van der Waals surface area contributed by atoms with Gasteiger partial charge in [-0.2, -0.15) is 0 Å². The summed E-state index contributed by atoms with van der Waals surface area (Å²) in [5.41, 5.74) is 1.64. The van der Waals surface area contributed by atoms with Gasteiger partial charge in [-0.15, -0.1) is 0 Å². The van der Waals surface area contributed by atoms with Gasteiger partial charge in [0.25, 0.3) is 0 Å². The first-order valence-corrected chi connectivity index (χ1v) is 8.77. The van der Waals surface area contributed by atoms with Crippen molar-refractivity contribution in [2.75, 3.05) is 13.2 Å². The van der Waals surface area contributed by atoms with Crippen LogP contribution in [0.4, 0.5) is 0 Å². The minimum Gasteiger partial charge on any atom is -0.490 e. The van der Waals surface area contributed by atoms with Crippen LogP contribution in [-0.4, -0.2) is 34.0 Å². The van der Waals surface area contributed by atoms with E-state index >= 15 is 0 Å². The van der Waals surface area contributed by atoms with E-state index in [0.717, 1.165) is 11.1 Å². The Labute approximate surface area is 155 Å². The standard InChI is InChI=1S/C19H20ClNO5/c1-10(2)15-5-11-6-18(26-4-3-22)14(20)7-12(11)16-8-17(23)13(19(24)25)9-21(15)16/h6-10,15,22H,3-5H2,1-2H3,(H,24,25)/t15-/m1/s1. The fourth-order valence-electron chi connectivity index (χ4n) is 3.35. The largest absolute Gasteiger partial charge is 0.490 e. The van der Waals surface area contributed by atoms with Gasteiger partial charge in [0.2, 0.25) is 0 Å². The minimum atomic E-state index is -1.23. The Hall–Kier alpha value is -2.31. The van der Waals surface area contributed by atoms with Gasteiger partial charge in [0.1, 0.15) is 17.9 Å². The summed E-state index contributed by atoms with van der Waals surface area (Å²) in [4.78, 5) is 23.6. The molecule has 1 aliphatic rings. The van der Waals surface area contributed by atoms with Gasteiger partial charge in [0, 0.05) is 23.9 Å². The molecule has 0 saturated carbocycles. The lowest BCUT2D eigenvalue weighted by Gasteiger charge is -2.33. The maximum atomic E-state index is 12.2. The fraction of sp³-hybridized carbons (Fsp3) is 0.368. The highest BCUT2D eigenvalue weighted by molar-refractivity contribution is 6.32. The molecule has 1 aromatic heterocycles. The lowest BCUT2D eigenvalue weighted by atomic mass is 9.87. The first kappa shape index (κ1) is 18.5. The Kier molecular flexibility index (Phi) is 5.07. The molecule has 138 valence electrons. The van der Waals surface area contributed by atoms with E-state index < -0.39 is 11.4 Å². The molecule has 0 fully saturated rings. The number of rotatable bonds is 5. The smallest absolute Gasteiger partial charge is 0.341 e. The summed E-state index contributed by atoms with van der Waals surface area (Å²) >= 11 is 6.30. The Morgan fingerprint density at radius 1 is 1.38 bits per heavy atom. The van der Waals surface area contributed by atoms with E-state index in [2.05, 4.69) is 13.8 Å². The second kappa shape index (κ2) is 7.13. The van der Waals surface area contributed by atoms with Crippen molar-refractivity contribution in [1.82, 2.24) is 4.57 Å². The first-order valence-electron chi connectivity index (χ1n) is 8.39. The topological polar surface area (TPSA) is 88.8 Å². The van der Waals surface area contributed by atoms with Crippen molar-refractivity contribution in [3.05, 3.63) is 50.8 Å². The molecule has 0 unspecified atom stereocenters. The number of hydrogen-bond donors (Lipinski definition) is 2. The summed E-state index contributed by atoms with van der Waals surface area (Å²) in [5, 5.41) is 18.6. The van der Waals surface area contributed by atoms with Crippen LogP contribution in [0.15, 0.2) is 29.2 Å². The zero-order chi connectivity index (χ0) is 19.0. The summed E-state index contributed by atoms with van der Waals surface area (Å²) < 4.78 is 7.35. The number of fused-ring (bicyclic) bond motifs is 3. The lowest BCUT2D eigenvalue weighted by Crippen LogP contribution is -2.28. The Bertz CT molecular complexity index is 919. The van der Waals surface area contributed by atoms with Gasteiger partial charge in [-0.3, -0.25) is 4.79 Å². The van der Waals surface area contributed by atoms with Gasteiger partial charge in [0.05, 0.1) is 17.3 Å². The highest BCUT2D eigenvalue weighted by atomic mass is 35.5. The van der Waals surface area contributed by atoms with Crippen LogP contribution in [0.25, 0.3) is 11.3 Å². The number of aliphatic hydroxyl groups is 1. The van der Waals surface area contributed by atoms with E-state index in [1.165, 1.54) is 12.3 Å². The number of aromatic carboxylic acids is 1. The maximum Gasteiger partial charge on any atom is 0.341 e. The number of ether oxygens (including phenoxy) is 1. The summed E-state index contributed by atoms with van der Waals surface area (Å²) in [5.74, 6) is -0.521. The van der Waals surface area contributed by atoms with Crippen LogP contribution in [-0.2, 0) is 6.42 Å². The summed E-state index contributed by atoms with van der Waals surface area (Å²) in [6.07, 6.45) is 2.09. The van der Waals surface area contributed by atoms with Crippen LogP contribution in [0, 0.1) is 5.92 Å². The van der Waals surface area contributed by atoms with E-state index in [-0.39, 0.29) is 30.7 Å². The zero-order valence-corrected chi connectivity index (χ0v) is 15.3. The molecule has 0 aliphatic carbocycles. The number of carboxylic acids is 1. The molecule has 2 N–H and O–H groups in total. The van der Waals surface area contributed by atoms with Crippen molar-refractivity contribution >= 4 is 17.6 Å². The molecule has 1 atom stereocenters. The van der Waals surface area contributed by atoms with E-state index in [4.69, 9.17) is 21.4 Å². The third kappa shape index (κ3) is 3.22. The number of aliphatic hydroxyl groups excluding tert-OH is 1. The number of aromatic nitrogens is 1. The Morgan fingerprint density at radius 2 is 2.12 bits per heavy atom. The third-order valence-electron chi connectivity index (χ3n) is 4.65. The van der Waals surface area contributed by atoms with E-state index in [9.17, 15) is 14.7 Å². The third-order valence-corrected chi connectivity index (χ3v) is 4.94. The molecule has 2 heterocycles. The molecular weight excluding hydrogens is 358 g/mol. The van der Waals surface area contributed by atoms with Crippen LogP contribution < -0.4 is 10.2 Å². The van der Waals surface area contributed by atoms with Crippen molar-refractivity contribution in [3.63, 3.8) is 0 Å². The number of carbonyl (C=O) groups is 1. The molecule has 6 nitrogen and oxygen atoms in total. The number of carboxylic acid groups (broad SMARTS) is 1. The van der Waals surface area contributed by atoms with Crippen LogP contribution in [0.1, 0.15) is 35.8 Å². The normalized spacial score (nSPS) is 15.5. The second-order valence-electron chi connectivity index (χ2n) is 6.68. The number of hydrogen-bond acceptors (Lipinski definition) is 4. The maximum absolute atomic E-state index is 12.2. The van der Waals surface area contributed by atoms with Gasteiger partial charge in [-0.1, -0.05) is 25.4 Å². The number of pyridine rings is 1. The first-order chi connectivity index (χ1) is 12.3. The predicted molar refractivity (Wildman–Crippen MR) is 98.3 cm³/mol. The van der Waals surface area contributed by atoms with Crippen LogP contribution in [0.3, 0.4) is 0 Å². The number of nitrogens with zero attached hydrogens (tertiary/aromatic N) is 1. The molecule has 3 rings (SSSR count). The highest BCUT2D eigenvalue weighted by Crippen LogP contribution is 2.41. The van der Waals surface area contributed by atoms with E-state index in [1.54, 1.807) is 6.07 Å². The molecule has 0 spiro atoms. The van der Waals surface area contributed by atoms with Crippen molar-refractivity contribution in [3.8, 4) is 17.0 Å². The SMILES string of the molecule is CC(C)[C@H]1Cc2cc(OCCO)c(Cl)cc2-c2cc(=O)c(C(=O)O)cn21. The molecule has 2 aromatic rings. The van der Waals surface area contributed by atoms with Crippen LogP contribution >= 0.6 is 11.6 Å². The van der Waals surface area contributed by atoms with Gasteiger partial charge < -0.3 is 19.5 Å². The average Bonchev–Trinajstić information content (AvgIpc) is 2.58. The van der Waals surface area contributed by atoms with Gasteiger partial charge in [0.15, 0.2) is 5.43 Å². The molecule has 0 saturated heterocycles. The molecular formula is C19H20ClNO5. The lowest BCUT2D eigenvalue weighted by molar-refractivity contribution is 0.0694. The summed E-state index contributed by atoms with van der Waals surface area (Å²) in [6.45, 7) is 4.14. The Morgan fingerprint density at radius 3 is 2.73 bits per heavy atom. The van der Waals surface area contributed by atoms with Gasteiger partial charge in [-0.05, 0) is 30.0 Å². The van der Waals surface area contributed by atoms with Crippen molar-refractivity contribution in [1.29, 1.82) is 0 Å². The van der Waals surface area contributed by atoms with E-state index in [1.807, 2.05) is 10.6 Å². The van der Waals surface area contributed by atoms with Crippen molar-refractivity contribution in [2.24, 2.45) is 5.92 Å². The summed E-state index contributed by atoms with van der Waals surface area (Å²) in [7, 11) is 0. The molecule has 0 bridgehead atoms. The molecule has 0 amide bonds. The van der Waals surface area contributed by atoms with Crippen LogP contribution in [0.2, 0.25) is 5.02 Å². The fourth-order valence-corrected chi connectivity index (χ4v) is 3.57. The van der Waals surface area contributed by atoms with Crippen molar-refractivity contribution in [2.45, 2.75) is 26.3 Å². The molecule has 7 heteroatoms. The summed E-state index contributed by atoms with van der Waals surface area (Å²) in [6, 6.07) is 4.93. The second-order valence-corrected chi connectivity index (χ2v) is 7.08.